The van der Waals surface area contributed by atoms with Crippen LogP contribution in [-0.4, -0.2) is 20.9 Å². The summed E-state index contributed by atoms with van der Waals surface area (Å²) in [6.07, 6.45) is 0. The highest BCUT2D eigenvalue weighted by atomic mass is 35.5. The number of sulfonamides is 1. The van der Waals surface area contributed by atoms with Gasteiger partial charge in [-0.3, -0.25) is 4.79 Å². The third kappa shape index (κ3) is 5.82. The van der Waals surface area contributed by atoms with Crippen molar-refractivity contribution in [1.82, 2.24) is 4.72 Å². The summed E-state index contributed by atoms with van der Waals surface area (Å²) in [6, 6.07) is 15.5. The second-order valence-electron chi connectivity index (χ2n) is 6.78. The van der Waals surface area contributed by atoms with Gasteiger partial charge in [0.05, 0.1) is 9.92 Å². The lowest BCUT2D eigenvalue weighted by Gasteiger charge is -2.15. The Morgan fingerprint density at radius 2 is 1.69 bits per heavy atom. The van der Waals surface area contributed by atoms with E-state index in [-0.39, 0.29) is 15.7 Å². The van der Waals surface area contributed by atoms with Crippen LogP contribution in [0.2, 0.25) is 5.02 Å². The average Bonchev–Trinajstić information content (AvgIpc) is 2.76. The number of carbonyl (C=O) groups excluding carboxylic acids is 1. The molecule has 168 valence electrons. The molecule has 0 spiro atoms. The molecule has 0 radical (unpaired) electrons. The number of carbonyl (C=O) groups is 1. The van der Waals surface area contributed by atoms with Crippen LogP contribution in [0.5, 0.6) is 5.75 Å². The Morgan fingerprint density at radius 1 is 1.03 bits per heavy atom. The fourth-order valence-corrected chi connectivity index (χ4v) is 4.37. The largest absolute Gasteiger partial charge is 0.482 e. The summed E-state index contributed by atoms with van der Waals surface area (Å²) in [7, 11) is -3.88. The number of halogens is 3. The number of hydrogen-bond donors (Lipinski definition) is 2. The van der Waals surface area contributed by atoms with Crippen LogP contribution in [-0.2, 0) is 14.8 Å². The van der Waals surface area contributed by atoms with Gasteiger partial charge in [-0.15, -0.1) is 0 Å². The van der Waals surface area contributed by atoms with E-state index in [1.54, 1.807) is 31.2 Å². The van der Waals surface area contributed by atoms with E-state index < -0.39 is 45.9 Å². The van der Waals surface area contributed by atoms with Crippen molar-refractivity contribution >= 4 is 33.2 Å². The standard InChI is InChI=1S/C22H19ClF2N2O4S/c1-14(15-6-3-2-4-7-15)27-32(29,30)16-10-11-20(17(23)12-16)31-13-21(28)26-22-18(24)8-5-9-19(22)25/h2-12,14,27H,13H2,1H3,(H,26,28)/t14-/m1/s1. The van der Waals surface area contributed by atoms with Crippen LogP contribution in [0.3, 0.4) is 0 Å². The van der Waals surface area contributed by atoms with Gasteiger partial charge in [0.2, 0.25) is 10.0 Å². The molecule has 0 aliphatic carbocycles. The van der Waals surface area contributed by atoms with Crippen LogP contribution < -0.4 is 14.8 Å². The molecule has 3 aromatic carbocycles. The van der Waals surface area contributed by atoms with Crippen LogP contribution in [0.15, 0.2) is 71.6 Å². The van der Waals surface area contributed by atoms with Gasteiger partial charge in [0.1, 0.15) is 23.1 Å². The molecule has 0 fully saturated rings. The maximum absolute atomic E-state index is 13.6. The summed E-state index contributed by atoms with van der Waals surface area (Å²) in [5.41, 5.74) is 0.201. The molecule has 0 aliphatic rings. The molecule has 0 aromatic heterocycles. The molecule has 1 amide bonds. The molecule has 32 heavy (non-hydrogen) atoms. The molecule has 6 nitrogen and oxygen atoms in total. The molecule has 0 aliphatic heterocycles. The molecule has 1 atom stereocenters. The van der Waals surface area contributed by atoms with Gasteiger partial charge >= 0.3 is 0 Å². The average molecular weight is 481 g/mol. The third-order valence-electron chi connectivity index (χ3n) is 4.43. The van der Waals surface area contributed by atoms with Crippen molar-refractivity contribution in [1.29, 1.82) is 0 Å². The maximum Gasteiger partial charge on any atom is 0.262 e. The number of anilines is 1. The lowest BCUT2D eigenvalue weighted by atomic mass is 10.1. The topological polar surface area (TPSA) is 84.5 Å². The number of benzene rings is 3. The Bertz CT molecular complexity index is 1200. The normalized spacial score (nSPS) is 12.2. The van der Waals surface area contributed by atoms with Crippen molar-refractivity contribution in [3.63, 3.8) is 0 Å². The highest BCUT2D eigenvalue weighted by Crippen LogP contribution is 2.28. The van der Waals surface area contributed by atoms with E-state index in [0.717, 1.165) is 17.7 Å². The van der Waals surface area contributed by atoms with Gasteiger partial charge in [-0.2, -0.15) is 0 Å². The fraction of sp³-hybridized carbons (Fsp3) is 0.136. The van der Waals surface area contributed by atoms with Crippen LogP contribution in [0.25, 0.3) is 0 Å². The second-order valence-corrected chi connectivity index (χ2v) is 8.90. The molecule has 0 unspecified atom stereocenters. The number of hydrogen-bond acceptors (Lipinski definition) is 4. The van der Waals surface area contributed by atoms with Crippen molar-refractivity contribution in [2.45, 2.75) is 17.9 Å². The number of ether oxygens (including phenoxy) is 1. The molecule has 10 heteroatoms. The number of nitrogens with one attached hydrogen (secondary N) is 2. The van der Waals surface area contributed by atoms with E-state index in [1.165, 1.54) is 24.3 Å². The lowest BCUT2D eigenvalue weighted by Crippen LogP contribution is -2.27. The number of para-hydroxylation sites is 1. The molecular weight excluding hydrogens is 462 g/mol. The minimum absolute atomic E-state index is 0.0332. The second kappa shape index (κ2) is 10.1. The predicted octanol–water partition coefficient (Wildman–Crippen LogP) is 4.68. The molecule has 0 heterocycles. The monoisotopic (exact) mass is 480 g/mol. The molecule has 0 bridgehead atoms. The summed E-state index contributed by atoms with van der Waals surface area (Å²) in [5.74, 6) is -2.64. The van der Waals surface area contributed by atoms with Crippen LogP contribution in [0.4, 0.5) is 14.5 Å². The highest BCUT2D eigenvalue weighted by molar-refractivity contribution is 7.89. The number of rotatable bonds is 8. The fourth-order valence-electron chi connectivity index (χ4n) is 2.81. The minimum Gasteiger partial charge on any atom is -0.482 e. The zero-order valence-corrected chi connectivity index (χ0v) is 18.4. The zero-order chi connectivity index (χ0) is 23.3. The molecule has 0 saturated heterocycles. The SMILES string of the molecule is C[C@@H](NS(=O)(=O)c1ccc(OCC(=O)Nc2c(F)cccc2F)c(Cl)c1)c1ccccc1. The first kappa shape index (κ1) is 23.6. The van der Waals surface area contributed by atoms with Crippen molar-refractivity contribution in [2.75, 3.05) is 11.9 Å². The van der Waals surface area contributed by atoms with Crippen LogP contribution in [0, 0.1) is 11.6 Å². The Hall–Kier alpha value is -3.01. The molecular formula is C22H19ClF2N2O4S. The van der Waals surface area contributed by atoms with Gasteiger partial charge in [-0.25, -0.2) is 21.9 Å². The van der Waals surface area contributed by atoms with Gasteiger partial charge in [0.25, 0.3) is 5.91 Å². The van der Waals surface area contributed by atoms with E-state index in [9.17, 15) is 22.0 Å². The number of amides is 1. The van der Waals surface area contributed by atoms with Crippen molar-refractivity contribution in [2.24, 2.45) is 0 Å². The van der Waals surface area contributed by atoms with Gasteiger partial charge in [-0.1, -0.05) is 48.0 Å². The van der Waals surface area contributed by atoms with Gasteiger partial charge < -0.3 is 10.1 Å². The van der Waals surface area contributed by atoms with Gasteiger partial charge in [-0.05, 0) is 42.8 Å². The summed E-state index contributed by atoms with van der Waals surface area (Å²) >= 11 is 6.11. The molecule has 0 saturated carbocycles. The third-order valence-corrected chi connectivity index (χ3v) is 6.26. The molecule has 3 rings (SSSR count). The van der Waals surface area contributed by atoms with E-state index in [0.29, 0.717) is 0 Å². The first-order chi connectivity index (χ1) is 15.2. The van der Waals surface area contributed by atoms with E-state index in [4.69, 9.17) is 16.3 Å². The zero-order valence-electron chi connectivity index (χ0n) is 16.8. The van der Waals surface area contributed by atoms with E-state index >= 15 is 0 Å². The first-order valence-electron chi connectivity index (χ1n) is 9.41. The maximum atomic E-state index is 13.6. The molecule has 2 N–H and O–H groups in total. The van der Waals surface area contributed by atoms with Gasteiger partial charge in [0, 0.05) is 6.04 Å². The summed E-state index contributed by atoms with van der Waals surface area (Å²) in [6.45, 7) is 1.12. The Morgan fingerprint density at radius 3 is 2.31 bits per heavy atom. The van der Waals surface area contributed by atoms with Crippen LogP contribution >= 0.6 is 11.6 Å². The predicted molar refractivity (Wildman–Crippen MR) is 117 cm³/mol. The van der Waals surface area contributed by atoms with Crippen molar-refractivity contribution in [3.8, 4) is 5.75 Å². The van der Waals surface area contributed by atoms with Crippen molar-refractivity contribution in [3.05, 3.63) is 89.0 Å². The lowest BCUT2D eigenvalue weighted by molar-refractivity contribution is -0.118. The summed E-state index contributed by atoms with van der Waals surface area (Å²) in [5, 5.41) is 2.03. The smallest absolute Gasteiger partial charge is 0.262 e. The van der Waals surface area contributed by atoms with Crippen molar-refractivity contribution < 1.29 is 26.7 Å². The van der Waals surface area contributed by atoms with E-state index in [1.807, 2.05) is 6.07 Å². The quantitative estimate of drug-likeness (QED) is 0.490. The first-order valence-corrected chi connectivity index (χ1v) is 11.3. The van der Waals surface area contributed by atoms with Crippen LogP contribution in [0.1, 0.15) is 18.5 Å². The Labute approximate surface area is 189 Å². The van der Waals surface area contributed by atoms with E-state index in [2.05, 4.69) is 10.0 Å². The Kier molecular flexibility index (Phi) is 7.44. The minimum atomic E-state index is -3.88. The Balaban J connectivity index is 1.65. The highest BCUT2D eigenvalue weighted by Gasteiger charge is 2.20. The summed E-state index contributed by atoms with van der Waals surface area (Å²) < 4.78 is 60.4. The van der Waals surface area contributed by atoms with Gasteiger partial charge in [0.15, 0.2) is 6.61 Å². The molecule has 3 aromatic rings. The summed E-state index contributed by atoms with van der Waals surface area (Å²) in [4.78, 5) is 11.9.